The number of nitrogens with one attached hydrogen (secondary N) is 1. The van der Waals surface area contributed by atoms with E-state index in [0.717, 1.165) is 17.5 Å². The summed E-state index contributed by atoms with van der Waals surface area (Å²) in [6.45, 7) is 8.91. The number of hydrogen-bond donors (Lipinski definition) is 1. The van der Waals surface area contributed by atoms with Crippen molar-refractivity contribution in [3.8, 4) is 0 Å². The molecule has 0 spiro atoms. The maximum atomic E-state index is 5.66. The molecule has 1 rings (SSSR count). The van der Waals surface area contributed by atoms with Crippen molar-refractivity contribution in [3.05, 3.63) is 0 Å². The van der Waals surface area contributed by atoms with Crippen LogP contribution in [0.4, 0.5) is 0 Å². The molecule has 0 unspecified atom stereocenters. The van der Waals surface area contributed by atoms with Crippen molar-refractivity contribution in [3.63, 3.8) is 0 Å². The zero-order valence-electron chi connectivity index (χ0n) is 9.69. The highest BCUT2D eigenvalue weighted by molar-refractivity contribution is 8.14. The molecule has 4 nitrogen and oxygen atoms in total. The van der Waals surface area contributed by atoms with Gasteiger partial charge in [-0.2, -0.15) is 0 Å². The topological polar surface area (TPSA) is 42.8 Å². The fourth-order valence-electron chi connectivity index (χ4n) is 0.941. The lowest BCUT2D eigenvalue weighted by molar-refractivity contribution is 0.175. The number of nitrogens with zero attached hydrogens (tertiary/aromatic N) is 1. The highest BCUT2D eigenvalue weighted by Crippen LogP contribution is 2.38. The molecule has 88 valence electrons. The Morgan fingerprint density at radius 1 is 1.27 bits per heavy atom. The highest BCUT2D eigenvalue weighted by Gasteiger charge is 2.18. The first-order valence-electron chi connectivity index (χ1n) is 5.15. The molecule has 15 heavy (non-hydrogen) atoms. The first-order valence-corrected chi connectivity index (χ1v) is 7.32. The van der Waals surface area contributed by atoms with Gasteiger partial charge in [-0.15, -0.1) is 0 Å². The van der Waals surface area contributed by atoms with Crippen LogP contribution >= 0.6 is 20.3 Å². The molecule has 0 saturated heterocycles. The summed E-state index contributed by atoms with van der Waals surface area (Å²) in [5.41, 5.74) is 0. The van der Waals surface area contributed by atoms with Gasteiger partial charge in [-0.05, 0) is 27.7 Å². The Hall–Kier alpha value is 0.170. The van der Waals surface area contributed by atoms with Gasteiger partial charge < -0.3 is 9.05 Å². The lowest BCUT2D eigenvalue weighted by Crippen LogP contribution is -2.19. The van der Waals surface area contributed by atoms with E-state index in [-0.39, 0.29) is 12.2 Å². The van der Waals surface area contributed by atoms with Gasteiger partial charge in [0, 0.05) is 5.75 Å². The second-order valence-electron chi connectivity index (χ2n) is 3.71. The Labute approximate surface area is 97.2 Å². The molecule has 0 amide bonds. The van der Waals surface area contributed by atoms with Crippen molar-refractivity contribution in [2.45, 2.75) is 39.9 Å². The van der Waals surface area contributed by atoms with Crippen LogP contribution in [0.5, 0.6) is 0 Å². The van der Waals surface area contributed by atoms with E-state index in [9.17, 15) is 0 Å². The van der Waals surface area contributed by atoms with Gasteiger partial charge in [0.2, 0.25) is 0 Å². The molecule has 1 aliphatic rings. The fraction of sp³-hybridized carbons (Fsp3) is 0.889. The molecular formula is C9H19N2O2PS. The van der Waals surface area contributed by atoms with Crippen LogP contribution in [0.15, 0.2) is 4.99 Å². The van der Waals surface area contributed by atoms with Crippen LogP contribution in [0.1, 0.15) is 27.7 Å². The molecule has 0 bridgehead atoms. The average molecular weight is 250 g/mol. The zero-order chi connectivity index (χ0) is 11.3. The number of amidine groups is 1. The van der Waals surface area contributed by atoms with Crippen LogP contribution in [0.25, 0.3) is 0 Å². The summed E-state index contributed by atoms with van der Waals surface area (Å²) >= 11 is 1.72. The van der Waals surface area contributed by atoms with Crippen molar-refractivity contribution >= 4 is 25.5 Å². The molecular weight excluding hydrogens is 231 g/mol. The number of rotatable bonds is 5. The lowest BCUT2D eigenvalue weighted by atomic mass is 10.5. The smallest absolute Gasteiger partial charge is 0.289 e. The minimum Gasteiger partial charge on any atom is -0.315 e. The van der Waals surface area contributed by atoms with E-state index in [2.05, 4.69) is 10.1 Å². The summed E-state index contributed by atoms with van der Waals surface area (Å²) in [5.74, 6) is 1.05. The minimum absolute atomic E-state index is 0.161. The minimum atomic E-state index is -1.05. The van der Waals surface area contributed by atoms with Crippen molar-refractivity contribution in [1.82, 2.24) is 5.09 Å². The van der Waals surface area contributed by atoms with Crippen LogP contribution in [0.2, 0.25) is 0 Å². The van der Waals surface area contributed by atoms with E-state index < -0.39 is 8.53 Å². The fourth-order valence-corrected chi connectivity index (χ4v) is 3.13. The highest BCUT2D eigenvalue weighted by atomic mass is 32.2. The molecule has 0 fully saturated rings. The SMILES string of the molecule is CC(C)OP(NC1=NCCS1)OC(C)C. The van der Waals surface area contributed by atoms with Crippen LogP contribution in [0.3, 0.4) is 0 Å². The predicted octanol–water partition coefficient (Wildman–Crippen LogP) is 2.76. The largest absolute Gasteiger partial charge is 0.315 e. The Morgan fingerprint density at radius 2 is 1.87 bits per heavy atom. The summed E-state index contributed by atoms with van der Waals surface area (Å²) in [4.78, 5) is 4.31. The molecule has 0 aliphatic carbocycles. The third-order valence-electron chi connectivity index (χ3n) is 1.39. The molecule has 6 heteroatoms. The summed E-state index contributed by atoms with van der Waals surface area (Å²) in [7, 11) is -1.05. The summed E-state index contributed by atoms with van der Waals surface area (Å²) < 4.78 is 11.3. The zero-order valence-corrected chi connectivity index (χ0v) is 11.4. The lowest BCUT2D eigenvalue weighted by Gasteiger charge is -2.22. The van der Waals surface area contributed by atoms with E-state index >= 15 is 0 Å². The van der Waals surface area contributed by atoms with Gasteiger partial charge >= 0.3 is 0 Å². The Balaban J connectivity index is 2.40. The van der Waals surface area contributed by atoms with Gasteiger partial charge in [-0.25, -0.2) is 0 Å². The first kappa shape index (κ1) is 13.2. The summed E-state index contributed by atoms with van der Waals surface area (Å²) in [6.07, 6.45) is 0.323. The molecule has 0 saturated carbocycles. The number of thioether (sulfide) groups is 1. The second kappa shape index (κ2) is 6.69. The van der Waals surface area contributed by atoms with E-state index in [1.165, 1.54) is 0 Å². The standard InChI is InChI=1S/C9H19N2O2PS/c1-7(2)12-14(13-8(3)4)11-9-10-5-6-15-9/h7-8H,5-6H2,1-4H3,(H,10,11). The van der Waals surface area contributed by atoms with Crippen molar-refractivity contribution in [2.75, 3.05) is 12.3 Å². The summed E-state index contributed by atoms with van der Waals surface area (Å²) in [5, 5.41) is 4.16. The average Bonchev–Trinajstić information content (AvgIpc) is 2.53. The van der Waals surface area contributed by atoms with Crippen molar-refractivity contribution in [2.24, 2.45) is 4.99 Å². The van der Waals surface area contributed by atoms with Crippen LogP contribution in [-0.2, 0) is 9.05 Å². The third kappa shape index (κ3) is 5.71. The van der Waals surface area contributed by atoms with Gasteiger partial charge in [-0.1, -0.05) is 11.8 Å². The van der Waals surface area contributed by atoms with Gasteiger partial charge in [0.1, 0.15) is 0 Å². The summed E-state index contributed by atoms with van der Waals surface area (Å²) in [6, 6.07) is 0. The Bertz CT molecular complexity index is 214. The normalized spacial score (nSPS) is 16.6. The molecule has 1 aliphatic heterocycles. The predicted molar refractivity (Wildman–Crippen MR) is 67.3 cm³/mol. The van der Waals surface area contributed by atoms with Gasteiger partial charge in [0.25, 0.3) is 8.53 Å². The Morgan fingerprint density at radius 3 is 2.27 bits per heavy atom. The van der Waals surface area contributed by atoms with Gasteiger partial charge in [0.15, 0.2) is 5.17 Å². The van der Waals surface area contributed by atoms with Gasteiger partial charge in [-0.3, -0.25) is 10.1 Å². The van der Waals surface area contributed by atoms with E-state index in [1.54, 1.807) is 11.8 Å². The molecule has 0 aromatic carbocycles. The molecule has 1 N–H and O–H groups in total. The van der Waals surface area contributed by atoms with Gasteiger partial charge in [0.05, 0.1) is 18.8 Å². The molecule has 0 aromatic rings. The second-order valence-corrected chi connectivity index (χ2v) is 5.96. The van der Waals surface area contributed by atoms with E-state index in [1.807, 2.05) is 27.7 Å². The first-order chi connectivity index (χ1) is 7.08. The van der Waals surface area contributed by atoms with Crippen LogP contribution in [-0.4, -0.2) is 29.7 Å². The van der Waals surface area contributed by atoms with E-state index in [4.69, 9.17) is 9.05 Å². The maximum Gasteiger partial charge on any atom is 0.289 e. The third-order valence-corrected chi connectivity index (χ3v) is 4.05. The number of aliphatic imine (C=N–C) groups is 1. The molecule has 0 atom stereocenters. The quantitative estimate of drug-likeness (QED) is 0.762. The maximum absolute atomic E-state index is 5.66. The Kier molecular flexibility index (Phi) is 5.90. The van der Waals surface area contributed by atoms with Crippen molar-refractivity contribution < 1.29 is 9.05 Å². The van der Waals surface area contributed by atoms with E-state index in [0.29, 0.717) is 0 Å². The molecule has 0 radical (unpaired) electrons. The molecule has 0 aromatic heterocycles. The van der Waals surface area contributed by atoms with Crippen molar-refractivity contribution in [1.29, 1.82) is 0 Å². The molecule has 1 heterocycles. The monoisotopic (exact) mass is 250 g/mol. The van der Waals surface area contributed by atoms with Crippen LogP contribution in [0, 0.1) is 0 Å². The number of hydrogen-bond acceptors (Lipinski definition) is 5. The van der Waals surface area contributed by atoms with Crippen LogP contribution < -0.4 is 5.09 Å².